The van der Waals surface area contributed by atoms with Gasteiger partial charge in [-0.3, -0.25) is 0 Å². The fourth-order valence-corrected chi connectivity index (χ4v) is 1.96. The molecule has 90 valence electrons. The lowest BCUT2D eigenvalue weighted by Crippen LogP contribution is -2.19. The van der Waals surface area contributed by atoms with E-state index in [0.717, 1.165) is 11.6 Å². The van der Waals surface area contributed by atoms with Crippen LogP contribution in [0.4, 0.5) is 0 Å². The van der Waals surface area contributed by atoms with Crippen LogP contribution in [0.3, 0.4) is 0 Å². The highest BCUT2D eigenvalue weighted by molar-refractivity contribution is 6.30. The van der Waals surface area contributed by atoms with Crippen molar-refractivity contribution in [2.45, 2.75) is 45.6 Å². The van der Waals surface area contributed by atoms with Gasteiger partial charge in [0.2, 0.25) is 0 Å². The van der Waals surface area contributed by atoms with Crippen molar-refractivity contribution >= 4 is 11.6 Å². The van der Waals surface area contributed by atoms with Gasteiger partial charge in [0.25, 0.3) is 0 Å². The van der Waals surface area contributed by atoms with Gasteiger partial charge in [-0.05, 0) is 37.6 Å². The number of nitrogens with one attached hydrogen (secondary N) is 1. The molecule has 0 bridgehead atoms. The smallest absolute Gasteiger partial charge is 0.0409 e. The average Bonchev–Trinajstić information content (AvgIpc) is 2.28. The highest BCUT2D eigenvalue weighted by atomic mass is 35.5. The Morgan fingerprint density at radius 3 is 2.75 bits per heavy atom. The minimum Gasteiger partial charge on any atom is -0.310 e. The second kappa shape index (κ2) is 7.70. The highest BCUT2D eigenvalue weighted by Crippen LogP contribution is 2.17. The summed E-state index contributed by atoms with van der Waals surface area (Å²) < 4.78 is 0. The topological polar surface area (TPSA) is 12.0 Å². The largest absolute Gasteiger partial charge is 0.310 e. The first-order valence-corrected chi connectivity index (χ1v) is 6.60. The van der Waals surface area contributed by atoms with Gasteiger partial charge < -0.3 is 5.32 Å². The van der Waals surface area contributed by atoms with Gasteiger partial charge in [0, 0.05) is 11.1 Å². The Morgan fingerprint density at radius 2 is 2.06 bits per heavy atom. The summed E-state index contributed by atoms with van der Waals surface area (Å²) in [4.78, 5) is 0. The maximum Gasteiger partial charge on any atom is 0.0409 e. The molecule has 0 amide bonds. The molecule has 0 aliphatic carbocycles. The van der Waals surface area contributed by atoms with Gasteiger partial charge in [0.15, 0.2) is 0 Å². The van der Waals surface area contributed by atoms with Crippen molar-refractivity contribution in [2.24, 2.45) is 0 Å². The fraction of sp³-hybridized carbons (Fsp3) is 0.571. The monoisotopic (exact) mass is 239 g/mol. The van der Waals surface area contributed by atoms with E-state index in [0.29, 0.717) is 6.04 Å². The fourth-order valence-electron chi connectivity index (χ4n) is 1.76. The van der Waals surface area contributed by atoms with Gasteiger partial charge >= 0.3 is 0 Å². The number of hydrogen-bond acceptors (Lipinski definition) is 1. The predicted octanol–water partition coefficient (Wildman–Crippen LogP) is 4.57. The number of unbranched alkanes of at least 4 members (excludes halogenated alkanes) is 3. The van der Waals surface area contributed by atoms with Crippen LogP contribution in [0.15, 0.2) is 24.3 Å². The number of hydrogen-bond donors (Lipinski definition) is 1. The van der Waals surface area contributed by atoms with Gasteiger partial charge in [-0.15, -0.1) is 0 Å². The van der Waals surface area contributed by atoms with Crippen LogP contribution >= 0.6 is 11.6 Å². The second-order valence-electron chi connectivity index (χ2n) is 4.29. The standard InChI is InChI=1S/C14H22ClN/c1-3-4-5-6-10-16-12(2)13-8-7-9-14(15)11-13/h7-9,11-12,16H,3-6,10H2,1-2H3. The van der Waals surface area contributed by atoms with Crippen LogP contribution in [0.25, 0.3) is 0 Å². The normalized spacial score (nSPS) is 12.7. The van der Waals surface area contributed by atoms with Crippen LogP contribution in [-0.2, 0) is 0 Å². The summed E-state index contributed by atoms with van der Waals surface area (Å²) in [6.07, 6.45) is 5.22. The minimum absolute atomic E-state index is 0.389. The number of benzene rings is 1. The lowest BCUT2D eigenvalue weighted by atomic mass is 10.1. The second-order valence-corrected chi connectivity index (χ2v) is 4.73. The van der Waals surface area contributed by atoms with Crippen LogP contribution in [-0.4, -0.2) is 6.54 Å². The van der Waals surface area contributed by atoms with Gasteiger partial charge in [-0.2, -0.15) is 0 Å². The molecule has 1 N–H and O–H groups in total. The van der Waals surface area contributed by atoms with E-state index in [-0.39, 0.29) is 0 Å². The molecule has 0 heterocycles. The zero-order valence-electron chi connectivity index (χ0n) is 10.3. The van der Waals surface area contributed by atoms with E-state index in [9.17, 15) is 0 Å². The summed E-state index contributed by atoms with van der Waals surface area (Å²) >= 11 is 5.96. The zero-order valence-corrected chi connectivity index (χ0v) is 11.1. The van der Waals surface area contributed by atoms with Crippen molar-refractivity contribution in [3.8, 4) is 0 Å². The first-order chi connectivity index (χ1) is 7.74. The molecule has 1 atom stereocenters. The summed E-state index contributed by atoms with van der Waals surface area (Å²) in [5.41, 5.74) is 1.27. The van der Waals surface area contributed by atoms with Crippen LogP contribution in [0.2, 0.25) is 5.02 Å². The van der Waals surface area contributed by atoms with Crippen molar-refractivity contribution in [2.75, 3.05) is 6.54 Å². The van der Waals surface area contributed by atoms with Crippen LogP contribution in [0.5, 0.6) is 0 Å². The van der Waals surface area contributed by atoms with E-state index in [4.69, 9.17) is 11.6 Å². The quantitative estimate of drug-likeness (QED) is 0.688. The summed E-state index contributed by atoms with van der Waals surface area (Å²) in [5.74, 6) is 0. The molecule has 1 aromatic rings. The molecule has 1 rings (SSSR count). The molecular weight excluding hydrogens is 218 g/mol. The third kappa shape index (κ3) is 5.00. The predicted molar refractivity (Wildman–Crippen MR) is 72.0 cm³/mol. The SMILES string of the molecule is CCCCCCNC(C)c1cccc(Cl)c1. The van der Waals surface area contributed by atoms with Gasteiger partial charge in [0.1, 0.15) is 0 Å². The molecule has 1 nitrogen and oxygen atoms in total. The minimum atomic E-state index is 0.389. The van der Waals surface area contributed by atoms with Crippen molar-refractivity contribution in [1.82, 2.24) is 5.32 Å². The van der Waals surface area contributed by atoms with Gasteiger partial charge in [-0.25, -0.2) is 0 Å². The molecule has 0 saturated heterocycles. The van der Waals surface area contributed by atoms with Crippen molar-refractivity contribution < 1.29 is 0 Å². The zero-order chi connectivity index (χ0) is 11.8. The van der Waals surface area contributed by atoms with E-state index in [1.54, 1.807) is 0 Å². The Labute approximate surface area is 104 Å². The molecule has 16 heavy (non-hydrogen) atoms. The highest BCUT2D eigenvalue weighted by Gasteiger charge is 2.03. The van der Waals surface area contributed by atoms with Crippen molar-refractivity contribution in [3.05, 3.63) is 34.9 Å². The Morgan fingerprint density at radius 1 is 1.25 bits per heavy atom. The van der Waals surface area contributed by atoms with Crippen molar-refractivity contribution in [1.29, 1.82) is 0 Å². The summed E-state index contributed by atoms with van der Waals surface area (Å²) in [6, 6.07) is 8.47. The van der Waals surface area contributed by atoms with E-state index in [2.05, 4.69) is 25.2 Å². The summed E-state index contributed by atoms with van der Waals surface area (Å²) in [6.45, 7) is 5.52. The summed E-state index contributed by atoms with van der Waals surface area (Å²) in [7, 11) is 0. The third-order valence-corrected chi connectivity index (χ3v) is 3.06. The molecule has 0 saturated carbocycles. The van der Waals surface area contributed by atoms with Crippen molar-refractivity contribution in [3.63, 3.8) is 0 Å². The molecule has 1 aromatic carbocycles. The molecule has 0 radical (unpaired) electrons. The van der Waals surface area contributed by atoms with E-state index >= 15 is 0 Å². The lowest BCUT2D eigenvalue weighted by Gasteiger charge is -2.14. The third-order valence-electron chi connectivity index (χ3n) is 2.83. The Balaban J connectivity index is 2.27. The number of rotatable bonds is 7. The molecular formula is C14H22ClN. The Kier molecular flexibility index (Phi) is 6.51. The van der Waals surface area contributed by atoms with Crippen LogP contribution in [0.1, 0.15) is 51.1 Å². The first-order valence-electron chi connectivity index (χ1n) is 6.23. The molecule has 0 aliphatic rings. The Hall–Kier alpha value is -0.530. The van der Waals surface area contributed by atoms with E-state index < -0.39 is 0 Å². The summed E-state index contributed by atoms with van der Waals surface area (Å²) in [5, 5.41) is 4.34. The molecule has 0 aromatic heterocycles. The van der Waals surface area contributed by atoms with Gasteiger partial charge in [-0.1, -0.05) is 49.9 Å². The molecule has 0 spiro atoms. The maximum atomic E-state index is 5.96. The lowest BCUT2D eigenvalue weighted by molar-refractivity contribution is 0.536. The average molecular weight is 240 g/mol. The Bertz CT molecular complexity index is 299. The van der Waals surface area contributed by atoms with Crippen LogP contribution in [0, 0.1) is 0 Å². The molecule has 1 unspecified atom stereocenters. The van der Waals surface area contributed by atoms with Gasteiger partial charge in [0.05, 0.1) is 0 Å². The maximum absolute atomic E-state index is 5.96. The van der Waals surface area contributed by atoms with E-state index in [1.807, 2.05) is 18.2 Å². The van der Waals surface area contributed by atoms with E-state index in [1.165, 1.54) is 31.2 Å². The number of halogens is 1. The van der Waals surface area contributed by atoms with Crippen LogP contribution < -0.4 is 5.32 Å². The molecule has 0 fully saturated rings. The molecule has 0 aliphatic heterocycles. The molecule has 2 heteroatoms. The first kappa shape index (κ1) is 13.5.